The zero-order valence-corrected chi connectivity index (χ0v) is 22.7. The Morgan fingerprint density at radius 2 is 1.18 bits per heavy atom. The van der Waals surface area contributed by atoms with E-state index in [0.29, 0.717) is 32.2 Å². The van der Waals surface area contributed by atoms with Crippen LogP contribution >= 0.6 is 0 Å². The second kappa shape index (κ2) is 17.1. The molecule has 0 fully saturated rings. The zero-order valence-electron chi connectivity index (χ0n) is 22.7. The topological polar surface area (TPSA) is 150 Å². The van der Waals surface area contributed by atoms with Gasteiger partial charge in [-0.1, -0.05) is 39.0 Å². The van der Waals surface area contributed by atoms with Gasteiger partial charge in [-0.05, 0) is 25.7 Å². The van der Waals surface area contributed by atoms with E-state index in [-0.39, 0.29) is 37.6 Å². The Hall–Kier alpha value is -3.63. The molecule has 0 aromatic rings. The summed E-state index contributed by atoms with van der Waals surface area (Å²) in [5.74, 6) is -2.51. The Kier molecular flexibility index (Phi) is 13.8. The molecule has 0 saturated heterocycles. The molecule has 39 heavy (non-hydrogen) atoms. The van der Waals surface area contributed by atoms with Crippen LogP contribution in [0.1, 0.15) is 84.0 Å². The summed E-state index contributed by atoms with van der Waals surface area (Å²) in [6, 6.07) is -0.674. The number of Topliss-reactive ketones (excluding diaryl/α,β-unsaturated/α-hetero) is 1. The van der Waals surface area contributed by atoms with Gasteiger partial charge in [-0.3, -0.25) is 43.4 Å². The fourth-order valence-electron chi connectivity index (χ4n) is 4.35. The maximum Gasteiger partial charge on any atom is 0.253 e. The summed E-state index contributed by atoms with van der Waals surface area (Å²) < 4.78 is 0. The van der Waals surface area contributed by atoms with E-state index in [9.17, 15) is 33.6 Å². The standard InChI is InChI=1S/C28H40N4O7/c1-2-3-4-5-6-7-11-22(33)21(30-24(35)17-20-32-27(38)14-15-28(32)39)10-8-9-18-29-23(34)16-19-31-25(36)12-13-26(31)37/h12-15,21H,2-11,16-20H2,1H3,(H,29,34)(H,30,35)/t21-/m0/s1. The first-order valence-electron chi connectivity index (χ1n) is 13.9. The number of imide groups is 2. The summed E-state index contributed by atoms with van der Waals surface area (Å²) in [5.41, 5.74) is 0. The second-order valence-electron chi connectivity index (χ2n) is 9.77. The highest BCUT2D eigenvalue weighted by Crippen LogP contribution is 2.12. The van der Waals surface area contributed by atoms with Crippen molar-refractivity contribution in [2.75, 3.05) is 19.6 Å². The highest BCUT2D eigenvalue weighted by molar-refractivity contribution is 6.13. The second-order valence-corrected chi connectivity index (χ2v) is 9.77. The summed E-state index contributed by atoms with van der Waals surface area (Å²) in [7, 11) is 0. The third-order valence-electron chi connectivity index (χ3n) is 6.67. The summed E-state index contributed by atoms with van der Waals surface area (Å²) in [4.78, 5) is 86.0. The molecular formula is C28H40N4O7. The monoisotopic (exact) mass is 544 g/mol. The number of carbonyl (C=O) groups is 7. The van der Waals surface area contributed by atoms with Gasteiger partial charge >= 0.3 is 0 Å². The molecule has 2 N–H and O–H groups in total. The molecule has 2 aliphatic heterocycles. The van der Waals surface area contributed by atoms with E-state index in [1.54, 1.807) is 0 Å². The summed E-state index contributed by atoms with van der Waals surface area (Å²) in [5, 5.41) is 5.51. The molecule has 1 atom stereocenters. The van der Waals surface area contributed by atoms with E-state index in [2.05, 4.69) is 17.6 Å². The number of amides is 6. The van der Waals surface area contributed by atoms with Crippen LogP contribution in [0.25, 0.3) is 0 Å². The summed E-state index contributed by atoms with van der Waals surface area (Å²) in [6.45, 7) is 2.47. The molecule has 0 aromatic carbocycles. The van der Waals surface area contributed by atoms with Crippen molar-refractivity contribution in [3.8, 4) is 0 Å². The molecule has 0 saturated carbocycles. The summed E-state index contributed by atoms with van der Waals surface area (Å²) in [6.07, 6.45) is 12.7. The molecule has 0 aliphatic carbocycles. The highest BCUT2D eigenvalue weighted by atomic mass is 16.2. The predicted molar refractivity (Wildman–Crippen MR) is 143 cm³/mol. The molecule has 2 rings (SSSR count). The van der Waals surface area contributed by atoms with Crippen molar-refractivity contribution in [1.82, 2.24) is 20.4 Å². The maximum atomic E-state index is 12.9. The van der Waals surface area contributed by atoms with Gasteiger partial charge in [0.2, 0.25) is 11.8 Å². The fraction of sp³-hybridized carbons (Fsp3) is 0.607. The van der Waals surface area contributed by atoms with Gasteiger partial charge in [-0.2, -0.15) is 0 Å². The van der Waals surface area contributed by atoms with Crippen molar-refractivity contribution in [2.45, 2.75) is 90.0 Å². The third kappa shape index (κ3) is 11.3. The van der Waals surface area contributed by atoms with Gasteiger partial charge in [0.05, 0.1) is 6.04 Å². The third-order valence-corrected chi connectivity index (χ3v) is 6.67. The van der Waals surface area contributed by atoms with Crippen molar-refractivity contribution in [2.24, 2.45) is 0 Å². The lowest BCUT2D eigenvalue weighted by molar-refractivity contribution is -0.139. The van der Waals surface area contributed by atoms with Crippen LogP contribution in [-0.4, -0.2) is 76.7 Å². The van der Waals surface area contributed by atoms with Gasteiger partial charge in [0.1, 0.15) is 0 Å². The minimum Gasteiger partial charge on any atom is -0.356 e. The van der Waals surface area contributed by atoms with Crippen LogP contribution < -0.4 is 10.6 Å². The van der Waals surface area contributed by atoms with E-state index >= 15 is 0 Å². The van der Waals surface area contributed by atoms with Gasteiger partial charge in [-0.25, -0.2) is 0 Å². The average Bonchev–Trinajstić information content (AvgIpc) is 3.41. The Bertz CT molecular complexity index is 952. The molecule has 0 radical (unpaired) electrons. The van der Waals surface area contributed by atoms with Crippen LogP contribution in [0.5, 0.6) is 0 Å². The number of hydrogen-bond donors (Lipinski definition) is 2. The number of carbonyl (C=O) groups excluding carboxylic acids is 7. The van der Waals surface area contributed by atoms with Gasteiger partial charge in [0, 0.05) is 63.2 Å². The molecule has 2 aliphatic rings. The van der Waals surface area contributed by atoms with E-state index in [4.69, 9.17) is 0 Å². The lowest BCUT2D eigenvalue weighted by atomic mass is 9.99. The average molecular weight is 545 g/mol. The Balaban J connectivity index is 1.73. The number of rotatable bonds is 20. The number of hydrogen-bond acceptors (Lipinski definition) is 7. The maximum absolute atomic E-state index is 12.9. The van der Waals surface area contributed by atoms with E-state index < -0.39 is 35.6 Å². The van der Waals surface area contributed by atoms with Crippen molar-refractivity contribution in [1.29, 1.82) is 0 Å². The summed E-state index contributed by atoms with van der Waals surface area (Å²) >= 11 is 0. The predicted octanol–water partition coefficient (Wildman–Crippen LogP) is 1.71. The first kappa shape index (κ1) is 31.6. The van der Waals surface area contributed by atoms with Crippen molar-refractivity contribution in [3.63, 3.8) is 0 Å². The Labute approximate surface area is 229 Å². The number of nitrogens with one attached hydrogen (secondary N) is 2. The van der Waals surface area contributed by atoms with Crippen LogP contribution in [-0.2, 0) is 33.6 Å². The molecule has 0 aromatic heterocycles. The molecule has 11 nitrogen and oxygen atoms in total. The lowest BCUT2D eigenvalue weighted by Gasteiger charge is -2.19. The number of unbranched alkanes of at least 4 members (excludes halogenated alkanes) is 6. The van der Waals surface area contributed by atoms with Crippen molar-refractivity contribution < 1.29 is 33.6 Å². The van der Waals surface area contributed by atoms with Crippen LogP contribution in [0, 0.1) is 0 Å². The van der Waals surface area contributed by atoms with Crippen LogP contribution in [0.2, 0.25) is 0 Å². The van der Waals surface area contributed by atoms with E-state index in [0.717, 1.165) is 54.1 Å². The Morgan fingerprint density at radius 1 is 0.667 bits per heavy atom. The van der Waals surface area contributed by atoms with Crippen LogP contribution in [0.3, 0.4) is 0 Å². The molecule has 0 bridgehead atoms. The van der Waals surface area contributed by atoms with Gasteiger partial charge in [-0.15, -0.1) is 0 Å². The zero-order chi connectivity index (χ0) is 28.6. The largest absolute Gasteiger partial charge is 0.356 e. The van der Waals surface area contributed by atoms with E-state index in [1.165, 1.54) is 18.6 Å². The molecule has 6 amide bonds. The minimum absolute atomic E-state index is 0.00608. The molecule has 0 spiro atoms. The first-order chi connectivity index (χ1) is 18.7. The van der Waals surface area contributed by atoms with Gasteiger partial charge in [0.25, 0.3) is 23.6 Å². The minimum atomic E-state index is -0.674. The smallest absolute Gasteiger partial charge is 0.253 e. The van der Waals surface area contributed by atoms with Gasteiger partial charge in [0.15, 0.2) is 5.78 Å². The molecule has 214 valence electrons. The van der Waals surface area contributed by atoms with Crippen molar-refractivity contribution >= 4 is 41.2 Å². The Morgan fingerprint density at radius 3 is 1.74 bits per heavy atom. The molecule has 11 heteroatoms. The lowest BCUT2D eigenvalue weighted by Crippen LogP contribution is -2.42. The quantitative estimate of drug-likeness (QED) is 0.175. The SMILES string of the molecule is CCCCCCCCC(=O)[C@H](CCCCNC(=O)CCN1C(=O)C=CC1=O)NC(=O)CCN1C(=O)C=CC1=O. The number of ketones is 1. The van der Waals surface area contributed by atoms with Gasteiger partial charge < -0.3 is 10.6 Å². The number of nitrogens with zero attached hydrogens (tertiary/aromatic N) is 2. The molecule has 0 unspecified atom stereocenters. The van der Waals surface area contributed by atoms with E-state index in [1.807, 2.05) is 0 Å². The van der Waals surface area contributed by atoms with Crippen LogP contribution in [0.4, 0.5) is 0 Å². The van der Waals surface area contributed by atoms with Crippen molar-refractivity contribution in [3.05, 3.63) is 24.3 Å². The normalized spacial score (nSPS) is 15.4. The fourth-order valence-corrected chi connectivity index (χ4v) is 4.35. The molecular weight excluding hydrogens is 504 g/mol. The first-order valence-corrected chi connectivity index (χ1v) is 13.9. The van der Waals surface area contributed by atoms with Crippen LogP contribution in [0.15, 0.2) is 24.3 Å². The highest BCUT2D eigenvalue weighted by Gasteiger charge is 2.26. The molecule has 2 heterocycles.